The number of aryl methyl sites for hydroxylation is 2. The number of nitrogens with one attached hydrogen (secondary N) is 1. The number of thioether (sulfide) groups is 1. The molecule has 2 N–H and O–H groups in total. The van der Waals surface area contributed by atoms with E-state index in [4.69, 9.17) is 4.74 Å². The maximum Gasteiger partial charge on any atom is 0.310 e. The van der Waals surface area contributed by atoms with E-state index in [1.54, 1.807) is 18.7 Å². The number of hydrogen-bond acceptors (Lipinski definition) is 6. The summed E-state index contributed by atoms with van der Waals surface area (Å²) in [5, 5.41) is 12.7. The number of rotatable bonds is 6. The fraction of sp³-hybridized carbons (Fsp3) is 0.609. The van der Waals surface area contributed by atoms with E-state index in [1.165, 1.54) is 4.90 Å². The van der Waals surface area contributed by atoms with E-state index in [-0.39, 0.29) is 48.7 Å². The smallest absolute Gasteiger partial charge is 0.310 e. The fourth-order valence-corrected chi connectivity index (χ4v) is 8.16. The van der Waals surface area contributed by atoms with Crippen LogP contribution in [0.3, 0.4) is 0 Å². The lowest BCUT2D eigenvalue weighted by Crippen LogP contribution is -2.55. The SMILES string of the molecule is CCOC(=O)[C@@H]1[C@@H]2CC(C)C3(S2)C(C(=O)Nc2cc(C)ccc2C)N(CCO)C(=O)[C@H]13. The van der Waals surface area contributed by atoms with Crippen LogP contribution in [0.25, 0.3) is 0 Å². The van der Waals surface area contributed by atoms with Gasteiger partial charge in [-0.2, -0.15) is 0 Å². The Morgan fingerprint density at radius 1 is 1.35 bits per heavy atom. The van der Waals surface area contributed by atoms with Crippen molar-refractivity contribution in [1.82, 2.24) is 4.90 Å². The number of anilines is 1. The summed E-state index contributed by atoms with van der Waals surface area (Å²) in [6.45, 7) is 7.79. The molecular formula is C23H30N2O5S. The highest BCUT2D eigenvalue weighted by molar-refractivity contribution is 8.02. The lowest BCUT2D eigenvalue weighted by atomic mass is 9.66. The highest BCUT2D eigenvalue weighted by Gasteiger charge is 2.76. The summed E-state index contributed by atoms with van der Waals surface area (Å²) in [6.07, 6.45) is 0.762. The van der Waals surface area contributed by atoms with E-state index in [0.29, 0.717) is 5.69 Å². The van der Waals surface area contributed by atoms with Crippen LogP contribution >= 0.6 is 11.8 Å². The molecule has 4 rings (SSSR count). The molecule has 1 aromatic rings. The predicted octanol–water partition coefficient (Wildman–Crippen LogP) is 2.13. The number of carbonyl (C=O) groups is 3. The Hall–Kier alpha value is -2.06. The molecule has 0 aromatic heterocycles. The molecule has 3 heterocycles. The van der Waals surface area contributed by atoms with Crippen molar-refractivity contribution < 1.29 is 24.2 Å². The zero-order valence-corrected chi connectivity index (χ0v) is 19.2. The number of carbonyl (C=O) groups excluding carboxylic acids is 3. The van der Waals surface area contributed by atoms with E-state index in [9.17, 15) is 19.5 Å². The van der Waals surface area contributed by atoms with E-state index < -0.39 is 22.6 Å². The Labute approximate surface area is 186 Å². The minimum Gasteiger partial charge on any atom is -0.466 e. The van der Waals surface area contributed by atoms with Crippen molar-refractivity contribution in [3.05, 3.63) is 29.3 Å². The van der Waals surface area contributed by atoms with Crippen LogP contribution in [0.2, 0.25) is 0 Å². The number of β-amino-alcohol motifs (C(OH)–C–C–N with tert-alkyl or cyclic N) is 1. The summed E-state index contributed by atoms with van der Waals surface area (Å²) < 4.78 is 4.61. The first kappa shape index (κ1) is 22.1. The number of esters is 1. The summed E-state index contributed by atoms with van der Waals surface area (Å²) in [6, 6.07) is 5.10. The van der Waals surface area contributed by atoms with Crippen molar-refractivity contribution in [1.29, 1.82) is 0 Å². The summed E-state index contributed by atoms with van der Waals surface area (Å²) >= 11 is 1.60. The van der Waals surface area contributed by atoms with Gasteiger partial charge in [0, 0.05) is 17.5 Å². The van der Waals surface area contributed by atoms with Gasteiger partial charge in [-0.15, -0.1) is 11.8 Å². The Kier molecular flexibility index (Phi) is 5.81. The van der Waals surface area contributed by atoms with Crippen LogP contribution in [-0.4, -0.2) is 63.6 Å². The van der Waals surface area contributed by atoms with Gasteiger partial charge in [0.1, 0.15) is 6.04 Å². The third-order valence-electron chi connectivity index (χ3n) is 7.04. The van der Waals surface area contributed by atoms with Crippen LogP contribution in [0.4, 0.5) is 5.69 Å². The van der Waals surface area contributed by atoms with Gasteiger partial charge in [-0.05, 0) is 50.3 Å². The Morgan fingerprint density at radius 3 is 2.77 bits per heavy atom. The second-order valence-electron chi connectivity index (χ2n) is 8.87. The fourth-order valence-electron chi connectivity index (χ4n) is 5.75. The lowest BCUT2D eigenvalue weighted by molar-refractivity contribution is -0.154. The average molecular weight is 447 g/mol. The second kappa shape index (κ2) is 8.13. The van der Waals surface area contributed by atoms with E-state index in [2.05, 4.69) is 12.2 Å². The van der Waals surface area contributed by atoms with E-state index >= 15 is 0 Å². The molecule has 3 aliphatic heterocycles. The molecule has 0 saturated carbocycles. The maximum absolute atomic E-state index is 13.7. The third kappa shape index (κ3) is 3.26. The van der Waals surface area contributed by atoms with Crippen molar-refractivity contribution >= 4 is 35.2 Å². The molecule has 2 bridgehead atoms. The van der Waals surface area contributed by atoms with Crippen LogP contribution < -0.4 is 5.32 Å². The molecule has 1 aromatic carbocycles. The number of benzene rings is 1. The Balaban J connectivity index is 1.74. The van der Waals surface area contributed by atoms with Crippen LogP contribution in [0.1, 0.15) is 31.4 Å². The lowest BCUT2D eigenvalue weighted by Gasteiger charge is -2.38. The number of amides is 2. The number of aliphatic hydroxyl groups excluding tert-OH is 1. The number of nitrogens with zero attached hydrogens (tertiary/aromatic N) is 1. The monoisotopic (exact) mass is 446 g/mol. The number of ether oxygens (including phenoxy) is 1. The minimum atomic E-state index is -0.749. The van der Waals surface area contributed by atoms with Gasteiger partial charge in [0.25, 0.3) is 0 Å². The molecule has 168 valence electrons. The average Bonchev–Trinajstić information content (AvgIpc) is 3.29. The van der Waals surface area contributed by atoms with E-state index in [0.717, 1.165) is 17.5 Å². The quantitative estimate of drug-likeness (QED) is 0.650. The zero-order valence-electron chi connectivity index (χ0n) is 18.4. The Bertz CT molecular complexity index is 921. The molecule has 3 saturated heterocycles. The number of hydrogen-bond donors (Lipinski definition) is 2. The van der Waals surface area contributed by atoms with Gasteiger partial charge >= 0.3 is 5.97 Å². The summed E-state index contributed by atoms with van der Waals surface area (Å²) in [7, 11) is 0. The molecule has 2 amide bonds. The topological polar surface area (TPSA) is 95.9 Å². The molecule has 7 nitrogen and oxygen atoms in total. The van der Waals surface area contributed by atoms with Gasteiger partial charge in [0.2, 0.25) is 11.8 Å². The number of likely N-dealkylation sites (tertiary alicyclic amines) is 1. The molecule has 3 unspecified atom stereocenters. The van der Waals surface area contributed by atoms with Crippen LogP contribution in [-0.2, 0) is 19.1 Å². The van der Waals surface area contributed by atoms with Crippen LogP contribution in [0.15, 0.2) is 18.2 Å². The number of fused-ring (bicyclic) bond motifs is 1. The van der Waals surface area contributed by atoms with Gasteiger partial charge in [-0.1, -0.05) is 19.1 Å². The molecule has 8 heteroatoms. The van der Waals surface area contributed by atoms with Crippen LogP contribution in [0, 0.1) is 31.6 Å². The third-order valence-corrected chi connectivity index (χ3v) is 9.12. The molecule has 3 fully saturated rings. The summed E-state index contributed by atoms with van der Waals surface area (Å²) in [4.78, 5) is 41.5. The van der Waals surface area contributed by atoms with Gasteiger partial charge < -0.3 is 20.1 Å². The van der Waals surface area contributed by atoms with E-state index in [1.807, 2.05) is 32.0 Å². The van der Waals surface area contributed by atoms with Crippen molar-refractivity contribution in [2.24, 2.45) is 17.8 Å². The Morgan fingerprint density at radius 2 is 2.10 bits per heavy atom. The van der Waals surface area contributed by atoms with Crippen LogP contribution in [0.5, 0.6) is 0 Å². The number of aliphatic hydroxyl groups is 1. The van der Waals surface area contributed by atoms with Crippen molar-refractivity contribution in [3.8, 4) is 0 Å². The first-order chi connectivity index (χ1) is 14.8. The second-order valence-corrected chi connectivity index (χ2v) is 10.4. The molecule has 1 spiro atoms. The van der Waals surface area contributed by atoms with Crippen molar-refractivity contribution in [3.63, 3.8) is 0 Å². The highest BCUT2D eigenvalue weighted by atomic mass is 32.2. The molecule has 0 aliphatic carbocycles. The molecule has 3 aliphatic rings. The first-order valence-corrected chi connectivity index (χ1v) is 11.8. The first-order valence-electron chi connectivity index (χ1n) is 10.9. The predicted molar refractivity (Wildman–Crippen MR) is 119 cm³/mol. The standard InChI is InChI=1S/C23H30N2O5S/c1-5-30-22(29)17-16-11-14(4)23(31-16)18(17)21(28)25(8-9-26)19(23)20(27)24-15-10-12(2)6-7-13(15)3/h6-7,10,14,16-19,26H,5,8-9,11H2,1-4H3,(H,24,27)/t14?,16-,17+,18-,19?,23?/m0/s1. The van der Waals surface area contributed by atoms with Gasteiger partial charge in [0.05, 0.1) is 29.8 Å². The highest BCUT2D eigenvalue weighted by Crippen LogP contribution is 2.68. The molecular weight excluding hydrogens is 416 g/mol. The zero-order chi connectivity index (χ0) is 22.5. The minimum absolute atomic E-state index is 0.0321. The van der Waals surface area contributed by atoms with Crippen molar-refractivity contribution in [2.45, 2.75) is 50.2 Å². The van der Waals surface area contributed by atoms with Gasteiger partial charge in [-0.3, -0.25) is 14.4 Å². The normalized spacial score (nSPS) is 33.5. The summed E-state index contributed by atoms with van der Waals surface area (Å²) in [5.41, 5.74) is 2.68. The molecule has 0 radical (unpaired) electrons. The molecule has 6 atom stereocenters. The van der Waals surface area contributed by atoms with Gasteiger partial charge in [-0.25, -0.2) is 0 Å². The van der Waals surface area contributed by atoms with Crippen molar-refractivity contribution in [2.75, 3.05) is 25.1 Å². The summed E-state index contributed by atoms with van der Waals surface area (Å²) in [5.74, 6) is -1.91. The molecule has 31 heavy (non-hydrogen) atoms. The maximum atomic E-state index is 13.7. The largest absolute Gasteiger partial charge is 0.466 e. The van der Waals surface area contributed by atoms with Gasteiger partial charge in [0.15, 0.2) is 0 Å².